The van der Waals surface area contributed by atoms with Crippen molar-refractivity contribution in [2.45, 2.75) is 51.2 Å². The largest absolute Gasteiger partial charge is 0.507 e. The molecule has 0 spiro atoms. The highest BCUT2D eigenvalue weighted by Crippen LogP contribution is 2.36. The van der Waals surface area contributed by atoms with Gasteiger partial charge < -0.3 is 10.0 Å². The SMILES string of the molecule is CC(C)c1cc(CC2SCN(C)C2=O)cc(C(C)C)c1O. The molecule has 0 saturated carbocycles. The topological polar surface area (TPSA) is 40.5 Å². The number of rotatable bonds is 4. The normalized spacial score (nSPS) is 19.1. The van der Waals surface area contributed by atoms with Crippen LogP contribution in [0.4, 0.5) is 0 Å². The first-order valence-electron chi connectivity index (χ1n) is 7.53. The predicted molar refractivity (Wildman–Crippen MR) is 89.0 cm³/mol. The Morgan fingerprint density at radius 1 is 1.24 bits per heavy atom. The van der Waals surface area contributed by atoms with Crippen molar-refractivity contribution >= 4 is 17.7 Å². The number of phenolic OH excluding ortho intramolecular Hbond substituents is 1. The summed E-state index contributed by atoms with van der Waals surface area (Å²) in [5, 5.41) is 10.4. The first-order valence-corrected chi connectivity index (χ1v) is 8.58. The van der Waals surface area contributed by atoms with Crippen molar-refractivity contribution in [3.63, 3.8) is 0 Å². The van der Waals surface area contributed by atoms with Crippen LogP contribution >= 0.6 is 11.8 Å². The molecule has 0 aliphatic carbocycles. The summed E-state index contributed by atoms with van der Waals surface area (Å²) in [7, 11) is 1.85. The fourth-order valence-corrected chi connectivity index (χ4v) is 3.85. The molecule has 1 aromatic rings. The molecule has 1 unspecified atom stereocenters. The van der Waals surface area contributed by atoms with Crippen molar-refractivity contribution in [2.24, 2.45) is 0 Å². The van der Waals surface area contributed by atoms with Gasteiger partial charge in [-0.15, -0.1) is 11.8 Å². The fraction of sp³-hybridized carbons (Fsp3) is 0.588. The van der Waals surface area contributed by atoms with Crippen LogP contribution in [0.5, 0.6) is 5.75 Å². The molecule has 1 fully saturated rings. The van der Waals surface area contributed by atoms with E-state index in [1.54, 1.807) is 16.7 Å². The minimum absolute atomic E-state index is 0.0135. The van der Waals surface area contributed by atoms with E-state index in [2.05, 4.69) is 39.8 Å². The number of aromatic hydroxyl groups is 1. The molecule has 0 radical (unpaired) electrons. The van der Waals surface area contributed by atoms with E-state index < -0.39 is 0 Å². The highest BCUT2D eigenvalue weighted by atomic mass is 32.2. The summed E-state index contributed by atoms with van der Waals surface area (Å²) in [4.78, 5) is 13.9. The van der Waals surface area contributed by atoms with Crippen LogP contribution < -0.4 is 0 Å². The van der Waals surface area contributed by atoms with Crippen LogP contribution in [0.15, 0.2) is 12.1 Å². The zero-order valence-electron chi connectivity index (χ0n) is 13.5. The van der Waals surface area contributed by atoms with Crippen LogP contribution in [0.3, 0.4) is 0 Å². The molecule has 3 nitrogen and oxygen atoms in total. The zero-order chi connectivity index (χ0) is 15.7. The zero-order valence-corrected chi connectivity index (χ0v) is 14.3. The molecule has 1 saturated heterocycles. The van der Waals surface area contributed by atoms with Crippen molar-refractivity contribution in [1.82, 2.24) is 4.90 Å². The molecule has 1 heterocycles. The Labute approximate surface area is 131 Å². The van der Waals surface area contributed by atoms with Gasteiger partial charge in [0.25, 0.3) is 0 Å². The van der Waals surface area contributed by atoms with Gasteiger partial charge in [0, 0.05) is 7.05 Å². The molecule has 21 heavy (non-hydrogen) atoms. The van der Waals surface area contributed by atoms with E-state index in [-0.39, 0.29) is 23.0 Å². The number of carbonyl (C=O) groups is 1. The number of carbonyl (C=O) groups excluding carboxylic acids is 1. The third-order valence-electron chi connectivity index (χ3n) is 4.01. The van der Waals surface area contributed by atoms with Gasteiger partial charge in [0.05, 0.1) is 11.1 Å². The summed E-state index contributed by atoms with van der Waals surface area (Å²) < 4.78 is 0. The second-order valence-corrected chi connectivity index (χ2v) is 7.62. The Kier molecular flexibility index (Phi) is 4.87. The Hall–Kier alpha value is -1.16. The average Bonchev–Trinajstić information content (AvgIpc) is 2.71. The van der Waals surface area contributed by atoms with Crippen molar-refractivity contribution < 1.29 is 9.90 Å². The van der Waals surface area contributed by atoms with E-state index in [1.807, 2.05) is 7.05 Å². The number of thioether (sulfide) groups is 1. The van der Waals surface area contributed by atoms with E-state index in [9.17, 15) is 9.90 Å². The van der Waals surface area contributed by atoms with Crippen LogP contribution in [0.2, 0.25) is 0 Å². The molecule has 1 aliphatic rings. The maximum atomic E-state index is 12.1. The molecular formula is C17H25NO2S. The second kappa shape index (κ2) is 6.30. The smallest absolute Gasteiger partial charge is 0.236 e. The van der Waals surface area contributed by atoms with Gasteiger partial charge in [0.1, 0.15) is 5.75 Å². The minimum atomic E-state index is 0.0135. The molecule has 1 aromatic carbocycles. The molecule has 1 aliphatic heterocycles. The highest BCUT2D eigenvalue weighted by molar-refractivity contribution is 8.01. The molecule has 116 valence electrons. The first-order chi connectivity index (χ1) is 9.81. The van der Waals surface area contributed by atoms with Gasteiger partial charge in [-0.25, -0.2) is 0 Å². The molecule has 2 rings (SSSR count). The third kappa shape index (κ3) is 3.37. The lowest BCUT2D eigenvalue weighted by Crippen LogP contribution is -2.26. The summed E-state index contributed by atoms with van der Waals surface area (Å²) in [6, 6.07) is 4.14. The Morgan fingerprint density at radius 2 is 1.76 bits per heavy atom. The van der Waals surface area contributed by atoms with Crippen molar-refractivity contribution in [3.8, 4) is 5.75 Å². The maximum absolute atomic E-state index is 12.1. The van der Waals surface area contributed by atoms with Gasteiger partial charge in [0.15, 0.2) is 0 Å². The van der Waals surface area contributed by atoms with E-state index in [0.29, 0.717) is 5.75 Å². The molecule has 0 aromatic heterocycles. The predicted octanol–water partition coefficient (Wildman–Crippen LogP) is 3.71. The number of hydrogen-bond donors (Lipinski definition) is 1. The molecule has 1 N–H and O–H groups in total. The molecule has 1 amide bonds. The number of nitrogens with zero attached hydrogens (tertiary/aromatic N) is 1. The van der Waals surface area contributed by atoms with Crippen LogP contribution in [-0.2, 0) is 11.2 Å². The first kappa shape index (κ1) is 16.2. The minimum Gasteiger partial charge on any atom is -0.507 e. The lowest BCUT2D eigenvalue weighted by atomic mass is 9.90. The average molecular weight is 307 g/mol. The summed E-state index contributed by atoms with van der Waals surface area (Å²) in [5.41, 5.74) is 3.13. The maximum Gasteiger partial charge on any atom is 0.236 e. The Bertz CT molecular complexity index is 511. The lowest BCUT2D eigenvalue weighted by Gasteiger charge is -2.18. The van der Waals surface area contributed by atoms with E-state index in [4.69, 9.17) is 0 Å². The second-order valence-electron chi connectivity index (χ2n) is 6.46. The van der Waals surface area contributed by atoms with Crippen LogP contribution in [0, 0.1) is 0 Å². The van der Waals surface area contributed by atoms with Gasteiger partial charge in [-0.2, -0.15) is 0 Å². The lowest BCUT2D eigenvalue weighted by molar-refractivity contribution is -0.127. The van der Waals surface area contributed by atoms with Crippen LogP contribution in [0.1, 0.15) is 56.2 Å². The van der Waals surface area contributed by atoms with E-state index >= 15 is 0 Å². The number of hydrogen-bond acceptors (Lipinski definition) is 3. The summed E-state index contributed by atoms with van der Waals surface area (Å²) in [6.45, 7) is 8.36. The summed E-state index contributed by atoms with van der Waals surface area (Å²) in [5.74, 6) is 1.96. The highest BCUT2D eigenvalue weighted by Gasteiger charge is 2.30. The molecule has 1 atom stereocenters. The summed E-state index contributed by atoms with van der Waals surface area (Å²) in [6.07, 6.45) is 0.744. The van der Waals surface area contributed by atoms with Crippen LogP contribution in [-0.4, -0.2) is 34.1 Å². The number of amides is 1. The fourth-order valence-electron chi connectivity index (χ4n) is 2.69. The third-order valence-corrected chi connectivity index (χ3v) is 5.32. The van der Waals surface area contributed by atoms with Crippen molar-refractivity contribution in [1.29, 1.82) is 0 Å². The quantitative estimate of drug-likeness (QED) is 0.922. The van der Waals surface area contributed by atoms with Crippen molar-refractivity contribution in [2.75, 3.05) is 12.9 Å². The van der Waals surface area contributed by atoms with Gasteiger partial charge in [-0.05, 0) is 34.9 Å². The van der Waals surface area contributed by atoms with Gasteiger partial charge in [-0.1, -0.05) is 39.8 Å². The molecular weight excluding hydrogens is 282 g/mol. The standard InChI is InChI=1S/C17H25NO2S/c1-10(2)13-6-12(7-14(11(3)4)16(13)19)8-15-17(20)18(5)9-21-15/h6-7,10-11,15,19H,8-9H2,1-5H3. The monoisotopic (exact) mass is 307 g/mol. The van der Waals surface area contributed by atoms with Crippen molar-refractivity contribution in [3.05, 3.63) is 28.8 Å². The van der Waals surface area contributed by atoms with Crippen LogP contribution in [0.25, 0.3) is 0 Å². The van der Waals surface area contributed by atoms with E-state index in [1.165, 1.54) is 0 Å². The number of benzene rings is 1. The van der Waals surface area contributed by atoms with Gasteiger partial charge in [0.2, 0.25) is 5.91 Å². The Morgan fingerprint density at radius 3 is 2.14 bits per heavy atom. The van der Waals surface area contributed by atoms with Gasteiger partial charge >= 0.3 is 0 Å². The number of phenols is 1. The molecule has 4 heteroatoms. The Balaban J connectivity index is 2.33. The molecule has 0 bridgehead atoms. The summed E-state index contributed by atoms with van der Waals surface area (Å²) >= 11 is 1.70. The van der Waals surface area contributed by atoms with Gasteiger partial charge in [-0.3, -0.25) is 4.79 Å². The van der Waals surface area contributed by atoms with E-state index in [0.717, 1.165) is 29.0 Å².